The van der Waals surface area contributed by atoms with Crippen LogP contribution >= 0.6 is 11.6 Å². The molecule has 0 amide bonds. The van der Waals surface area contributed by atoms with Gasteiger partial charge in [0.2, 0.25) is 0 Å². The molecule has 0 aliphatic heterocycles. The van der Waals surface area contributed by atoms with Gasteiger partial charge in [-0.25, -0.2) is 4.39 Å². The lowest BCUT2D eigenvalue weighted by atomic mass is 10.2. The van der Waals surface area contributed by atoms with Gasteiger partial charge < -0.3 is 14.8 Å². The Kier molecular flexibility index (Phi) is 7.13. The van der Waals surface area contributed by atoms with Gasteiger partial charge in [0, 0.05) is 13.7 Å². The quantitative estimate of drug-likeness (QED) is 0.798. The average Bonchev–Trinajstić information content (AvgIpc) is 2.34. The smallest absolute Gasteiger partial charge is 0.183 e. The lowest BCUT2D eigenvalue weighted by Crippen LogP contribution is -2.36. The Labute approximate surface area is 119 Å². The summed E-state index contributed by atoms with van der Waals surface area (Å²) in [5, 5.41) is 3.32. The van der Waals surface area contributed by atoms with Gasteiger partial charge in [-0.1, -0.05) is 31.5 Å². The van der Waals surface area contributed by atoms with E-state index in [4.69, 9.17) is 21.1 Å². The maximum absolute atomic E-state index is 13.7. The first kappa shape index (κ1) is 16.2. The summed E-state index contributed by atoms with van der Waals surface area (Å²) in [4.78, 5) is 0. The summed E-state index contributed by atoms with van der Waals surface area (Å²) in [5.74, 6) is 0.168. The molecule has 3 nitrogen and oxygen atoms in total. The number of benzene rings is 1. The molecule has 0 radical (unpaired) electrons. The summed E-state index contributed by atoms with van der Waals surface area (Å²) >= 11 is 5.72. The number of hydrogen-bond acceptors (Lipinski definition) is 3. The van der Waals surface area contributed by atoms with Crippen molar-refractivity contribution in [2.45, 2.75) is 20.0 Å². The maximum Gasteiger partial charge on any atom is 0.183 e. The fourth-order valence-electron chi connectivity index (χ4n) is 1.61. The van der Waals surface area contributed by atoms with Crippen LogP contribution < -0.4 is 10.1 Å². The molecule has 0 saturated carbocycles. The molecule has 1 aromatic carbocycles. The number of rotatable bonds is 8. The molecule has 0 bridgehead atoms. The molecule has 108 valence electrons. The number of nitrogens with one attached hydrogen (secondary N) is 1. The summed E-state index contributed by atoms with van der Waals surface area (Å²) in [6, 6.07) is 4.71. The molecular formula is C14H21ClFNO2. The van der Waals surface area contributed by atoms with Crippen LogP contribution in [0.25, 0.3) is 0 Å². The van der Waals surface area contributed by atoms with Gasteiger partial charge in [-0.2, -0.15) is 0 Å². The van der Waals surface area contributed by atoms with Crippen molar-refractivity contribution in [2.24, 2.45) is 5.92 Å². The number of halogens is 2. The maximum atomic E-state index is 13.7. The molecule has 0 heterocycles. The van der Waals surface area contributed by atoms with Crippen LogP contribution in [0.3, 0.4) is 0 Å². The highest BCUT2D eigenvalue weighted by Crippen LogP contribution is 2.24. The van der Waals surface area contributed by atoms with Crippen LogP contribution in [0.5, 0.6) is 5.75 Å². The Morgan fingerprint density at radius 3 is 2.68 bits per heavy atom. The molecule has 1 unspecified atom stereocenters. The molecule has 0 fully saturated rings. The molecule has 1 aromatic rings. The first-order chi connectivity index (χ1) is 9.04. The van der Waals surface area contributed by atoms with E-state index in [2.05, 4.69) is 19.2 Å². The summed E-state index contributed by atoms with van der Waals surface area (Å²) in [6.45, 7) is 6.10. The highest BCUT2D eigenvalue weighted by Gasteiger charge is 2.14. The van der Waals surface area contributed by atoms with Crippen molar-refractivity contribution in [3.05, 3.63) is 29.0 Å². The van der Waals surface area contributed by atoms with E-state index in [1.165, 1.54) is 6.07 Å². The van der Waals surface area contributed by atoms with Gasteiger partial charge >= 0.3 is 0 Å². The number of hydrogen-bond donors (Lipinski definition) is 1. The Morgan fingerprint density at radius 1 is 1.32 bits per heavy atom. The Bertz CT molecular complexity index is 388. The largest absolute Gasteiger partial charge is 0.484 e. The first-order valence-electron chi connectivity index (χ1n) is 6.35. The topological polar surface area (TPSA) is 30.5 Å². The van der Waals surface area contributed by atoms with Crippen molar-refractivity contribution in [1.82, 2.24) is 5.32 Å². The zero-order valence-electron chi connectivity index (χ0n) is 11.6. The zero-order chi connectivity index (χ0) is 14.3. The third-order valence-electron chi connectivity index (χ3n) is 2.49. The Morgan fingerprint density at radius 2 is 2.05 bits per heavy atom. The van der Waals surface area contributed by atoms with E-state index < -0.39 is 5.82 Å². The lowest BCUT2D eigenvalue weighted by molar-refractivity contribution is 0.0775. The normalized spacial score (nSPS) is 12.7. The molecule has 0 spiro atoms. The van der Waals surface area contributed by atoms with Gasteiger partial charge in [0.15, 0.2) is 11.6 Å². The fourth-order valence-corrected chi connectivity index (χ4v) is 1.77. The summed E-state index contributed by atoms with van der Waals surface area (Å²) in [6.07, 6.45) is -0.253. The minimum atomic E-state index is -0.533. The second-order valence-electron chi connectivity index (χ2n) is 4.80. The Hall–Kier alpha value is -0.840. The molecule has 19 heavy (non-hydrogen) atoms. The van der Waals surface area contributed by atoms with E-state index in [9.17, 15) is 4.39 Å². The lowest BCUT2D eigenvalue weighted by Gasteiger charge is -2.20. The van der Waals surface area contributed by atoms with Crippen molar-refractivity contribution in [2.75, 3.05) is 26.8 Å². The average molecular weight is 290 g/mol. The number of ether oxygens (including phenoxy) is 2. The standard InChI is InChI=1S/C14H21ClFNO2/c1-10(2)7-17-8-11(9-18-3)19-13-6-4-5-12(15)14(13)16/h4-6,10-11,17H,7-9H2,1-3H3. The molecule has 0 aromatic heterocycles. The van der Waals surface area contributed by atoms with E-state index in [1.807, 2.05) is 0 Å². The highest BCUT2D eigenvalue weighted by atomic mass is 35.5. The van der Waals surface area contributed by atoms with Gasteiger partial charge in [-0.3, -0.25) is 0 Å². The molecule has 0 saturated heterocycles. The van der Waals surface area contributed by atoms with Gasteiger partial charge in [0.05, 0.1) is 11.6 Å². The minimum Gasteiger partial charge on any atom is -0.484 e. The number of methoxy groups -OCH3 is 1. The van der Waals surface area contributed by atoms with Crippen molar-refractivity contribution in [1.29, 1.82) is 0 Å². The minimum absolute atomic E-state index is 0.0591. The SMILES string of the molecule is COCC(CNCC(C)C)Oc1cccc(Cl)c1F. The monoisotopic (exact) mass is 289 g/mol. The molecular weight excluding hydrogens is 269 g/mol. The molecule has 1 N–H and O–H groups in total. The second kappa shape index (κ2) is 8.35. The van der Waals surface area contributed by atoms with E-state index in [1.54, 1.807) is 19.2 Å². The predicted molar refractivity (Wildman–Crippen MR) is 75.4 cm³/mol. The van der Waals surface area contributed by atoms with Gasteiger partial charge in [-0.05, 0) is 24.6 Å². The highest BCUT2D eigenvalue weighted by molar-refractivity contribution is 6.30. The molecule has 5 heteroatoms. The zero-order valence-corrected chi connectivity index (χ0v) is 12.3. The van der Waals surface area contributed by atoms with Crippen LogP contribution in [-0.4, -0.2) is 32.9 Å². The molecule has 0 aliphatic carbocycles. The van der Waals surface area contributed by atoms with Gasteiger partial charge in [0.1, 0.15) is 6.10 Å². The third kappa shape index (κ3) is 5.76. The van der Waals surface area contributed by atoms with Crippen LogP contribution in [0.1, 0.15) is 13.8 Å². The fraction of sp³-hybridized carbons (Fsp3) is 0.571. The van der Waals surface area contributed by atoms with Crippen LogP contribution in [0.15, 0.2) is 18.2 Å². The van der Waals surface area contributed by atoms with Crippen molar-refractivity contribution >= 4 is 11.6 Å². The summed E-state index contributed by atoms with van der Waals surface area (Å²) in [7, 11) is 1.59. The summed E-state index contributed by atoms with van der Waals surface area (Å²) < 4.78 is 24.4. The Balaban J connectivity index is 2.59. The van der Waals surface area contributed by atoms with Crippen LogP contribution in [0.2, 0.25) is 5.02 Å². The first-order valence-corrected chi connectivity index (χ1v) is 6.72. The van der Waals surface area contributed by atoms with E-state index in [0.29, 0.717) is 19.1 Å². The van der Waals surface area contributed by atoms with Crippen molar-refractivity contribution < 1.29 is 13.9 Å². The molecule has 0 aliphatic rings. The van der Waals surface area contributed by atoms with Crippen molar-refractivity contribution in [3.63, 3.8) is 0 Å². The van der Waals surface area contributed by atoms with E-state index in [0.717, 1.165) is 6.54 Å². The van der Waals surface area contributed by atoms with Crippen LogP contribution in [-0.2, 0) is 4.74 Å². The summed E-state index contributed by atoms with van der Waals surface area (Å²) in [5.41, 5.74) is 0. The van der Waals surface area contributed by atoms with E-state index in [-0.39, 0.29) is 16.9 Å². The van der Waals surface area contributed by atoms with E-state index >= 15 is 0 Å². The molecule has 1 rings (SSSR count). The van der Waals surface area contributed by atoms with Crippen LogP contribution in [0.4, 0.5) is 4.39 Å². The third-order valence-corrected chi connectivity index (χ3v) is 2.78. The van der Waals surface area contributed by atoms with Crippen LogP contribution in [0, 0.1) is 11.7 Å². The van der Waals surface area contributed by atoms with Gasteiger partial charge in [-0.15, -0.1) is 0 Å². The van der Waals surface area contributed by atoms with Crippen molar-refractivity contribution in [3.8, 4) is 5.75 Å². The molecule has 1 atom stereocenters. The predicted octanol–water partition coefficient (Wildman–Crippen LogP) is 3.12. The van der Waals surface area contributed by atoms with Gasteiger partial charge in [0.25, 0.3) is 0 Å². The second-order valence-corrected chi connectivity index (χ2v) is 5.21.